The standard InChI is InChI=1S/C14H16Cl2O4S/c15-6-2-1-5-12(17)11-8-10-4-3-7-20-14(10)13(9-11)21(16,18)19/h8-9H,1-7H2. The second-order valence-electron chi connectivity index (χ2n) is 4.92. The summed E-state index contributed by atoms with van der Waals surface area (Å²) >= 11 is 5.59. The van der Waals surface area contributed by atoms with Crippen molar-refractivity contribution in [2.75, 3.05) is 12.5 Å². The van der Waals surface area contributed by atoms with Crippen molar-refractivity contribution in [3.05, 3.63) is 23.3 Å². The smallest absolute Gasteiger partial charge is 0.265 e. The first kappa shape index (κ1) is 16.6. The Morgan fingerprint density at radius 2 is 2.05 bits per heavy atom. The van der Waals surface area contributed by atoms with Crippen LogP contribution in [0.15, 0.2) is 17.0 Å². The average molecular weight is 351 g/mol. The molecule has 116 valence electrons. The molecule has 0 radical (unpaired) electrons. The number of hydrogen-bond acceptors (Lipinski definition) is 4. The summed E-state index contributed by atoms with van der Waals surface area (Å²) in [4.78, 5) is 12.1. The molecule has 21 heavy (non-hydrogen) atoms. The molecule has 7 heteroatoms. The molecule has 4 nitrogen and oxygen atoms in total. The Balaban J connectivity index is 2.37. The van der Waals surface area contributed by atoms with Crippen LogP contribution in [0.3, 0.4) is 0 Å². The molecule has 0 fully saturated rings. The Bertz CT molecular complexity index is 641. The summed E-state index contributed by atoms with van der Waals surface area (Å²) in [6.45, 7) is 0.454. The number of aryl methyl sites for hydroxylation is 1. The highest BCUT2D eigenvalue weighted by Gasteiger charge is 2.25. The van der Waals surface area contributed by atoms with Gasteiger partial charge in [0.15, 0.2) is 5.78 Å². The molecule has 1 aromatic carbocycles. The van der Waals surface area contributed by atoms with Crippen molar-refractivity contribution in [2.45, 2.75) is 37.0 Å². The summed E-state index contributed by atoms with van der Waals surface area (Å²) in [7, 11) is 1.51. The number of halogens is 2. The van der Waals surface area contributed by atoms with E-state index in [1.54, 1.807) is 6.07 Å². The maximum Gasteiger partial charge on any atom is 0.265 e. The molecule has 0 unspecified atom stereocenters. The molecule has 0 aliphatic carbocycles. The number of alkyl halides is 1. The molecule has 0 aromatic heterocycles. The van der Waals surface area contributed by atoms with E-state index in [0.717, 1.165) is 18.4 Å². The van der Waals surface area contributed by atoms with Gasteiger partial charge in [0, 0.05) is 28.5 Å². The topological polar surface area (TPSA) is 60.4 Å². The minimum atomic E-state index is -3.95. The molecule has 2 rings (SSSR count). The number of carbonyl (C=O) groups is 1. The van der Waals surface area contributed by atoms with Crippen molar-refractivity contribution in [1.82, 2.24) is 0 Å². The van der Waals surface area contributed by atoms with Gasteiger partial charge in [-0.3, -0.25) is 4.79 Å². The second-order valence-corrected chi connectivity index (χ2v) is 7.83. The lowest BCUT2D eigenvalue weighted by atomic mass is 9.99. The lowest BCUT2D eigenvalue weighted by molar-refractivity contribution is 0.0979. The van der Waals surface area contributed by atoms with Gasteiger partial charge < -0.3 is 4.74 Å². The number of hydrogen-bond donors (Lipinski definition) is 0. The highest BCUT2D eigenvalue weighted by molar-refractivity contribution is 8.13. The molecule has 0 bridgehead atoms. The zero-order valence-corrected chi connectivity index (χ0v) is 13.7. The predicted molar refractivity (Wildman–Crippen MR) is 82.2 cm³/mol. The summed E-state index contributed by atoms with van der Waals surface area (Å²) in [6, 6.07) is 3.03. The van der Waals surface area contributed by atoms with Crippen LogP contribution in [0.25, 0.3) is 0 Å². The van der Waals surface area contributed by atoms with Gasteiger partial charge in [0.1, 0.15) is 10.6 Å². The number of ether oxygens (including phenoxy) is 1. The van der Waals surface area contributed by atoms with Crippen LogP contribution >= 0.6 is 22.3 Å². The van der Waals surface area contributed by atoms with Gasteiger partial charge in [-0.05, 0) is 43.4 Å². The number of unbranched alkanes of at least 4 members (excludes halogenated alkanes) is 1. The van der Waals surface area contributed by atoms with E-state index in [1.165, 1.54) is 6.07 Å². The minimum absolute atomic E-state index is 0.102. The van der Waals surface area contributed by atoms with E-state index in [0.29, 0.717) is 37.3 Å². The van der Waals surface area contributed by atoms with Crippen LogP contribution in [-0.2, 0) is 15.5 Å². The third-order valence-electron chi connectivity index (χ3n) is 3.34. The molecule has 0 N–H and O–H groups in total. The first-order chi connectivity index (χ1) is 9.93. The van der Waals surface area contributed by atoms with E-state index in [-0.39, 0.29) is 16.4 Å². The van der Waals surface area contributed by atoms with Crippen LogP contribution in [0.4, 0.5) is 0 Å². The summed E-state index contributed by atoms with van der Waals surface area (Å²) in [5.41, 5.74) is 1.09. The van der Waals surface area contributed by atoms with Gasteiger partial charge >= 0.3 is 0 Å². The highest BCUT2D eigenvalue weighted by Crippen LogP contribution is 2.35. The van der Waals surface area contributed by atoms with Gasteiger partial charge in [-0.25, -0.2) is 8.42 Å². The fourth-order valence-corrected chi connectivity index (χ4v) is 3.52. The second kappa shape index (κ2) is 6.99. The summed E-state index contributed by atoms with van der Waals surface area (Å²) in [5.74, 6) is 0.690. The van der Waals surface area contributed by atoms with E-state index in [1.807, 2.05) is 0 Å². The summed E-state index contributed by atoms with van der Waals surface area (Å²) in [5, 5.41) is 0. The molecule has 0 spiro atoms. The van der Waals surface area contributed by atoms with Gasteiger partial charge in [0.05, 0.1) is 6.61 Å². The number of rotatable bonds is 6. The van der Waals surface area contributed by atoms with Crippen LogP contribution in [0.1, 0.15) is 41.6 Å². The molecule has 1 heterocycles. The Morgan fingerprint density at radius 1 is 1.29 bits per heavy atom. The molecule has 0 saturated carbocycles. The molecular formula is C14H16Cl2O4S. The van der Waals surface area contributed by atoms with Gasteiger partial charge in [-0.2, -0.15) is 0 Å². The van der Waals surface area contributed by atoms with Gasteiger partial charge in [0.2, 0.25) is 0 Å². The Kier molecular flexibility index (Phi) is 5.52. The number of carbonyl (C=O) groups excluding carboxylic acids is 1. The normalized spacial score (nSPS) is 14.4. The zero-order chi connectivity index (χ0) is 15.5. The maximum absolute atomic E-state index is 12.2. The van der Waals surface area contributed by atoms with Gasteiger partial charge in [0.25, 0.3) is 9.05 Å². The number of ketones is 1. The third-order valence-corrected chi connectivity index (χ3v) is 4.94. The first-order valence-electron chi connectivity index (χ1n) is 6.77. The van der Waals surface area contributed by atoms with E-state index in [9.17, 15) is 13.2 Å². The van der Waals surface area contributed by atoms with Crippen molar-refractivity contribution >= 4 is 37.1 Å². The Labute approximate surface area is 133 Å². The highest BCUT2D eigenvalue weighted by atomic mass is 35.7. The first-order valence-corrected chi connectivity index (χ1v) is 9.61. The van der Waals surface area contributed by atoms with Crippen molar-refractivity contribution in [1.29, 1.82) is 0 Å². The number of benzene rings is 1. The van der Waals surface area contributed by atoms with Gasteiger partial charge in [-0.15, -0.1) is 11.6 Å². The predicted octanol–water partition coefficient (Wildman–Crippen LogP) is 3.53. The molecule has 1 aliphatic rings. The Hall–Kier alpha value is -0.780. The minimum Gasteiger partial charge on any atom is -0.492 e. The van der Waals surface area contributed by atoms with Crippen LogP contribution in [-0.4, -0.2) is 26.7 Å². The SMILES string of the molecule is O=C(CCCCCl)c1cc2c(c(S(=O)(=O)Cl)c1)OCCC2. The van der Waals surface area contributed by atoms with Crippen LogP contribution < -0.4 is 4.74 Å². The molecule has 1 aromatic rings. The average Bonchev–Trinajstić information content (AvgIpc) is 2.45. The monoisotopic (exact) mass is 350 g/mol. The third kappa shape index (κ3) is 4.11. The van der Waals surface area contributed by atoms with E-state index in [2.05, 4.69) is 0 Å². The van der Waals surface area contributed by atoms with Crippen molar-refractivity contribution in [3.63, 3.8) is 0 Å². The largest absolute Gasteiger partial charge is 0.492 e. The molecule has 1 aliphatic heterocycles. The van der Waals surface area contributed by atoms with E-state index in [4.69, 9.17) is 27.0 Å². The quantitative estimate of drug-likeness (QED) is 0.340. The number of Topliss-reactive ketones (excluding diaryl/α,β-unsaturated/α-hetero) is 1. The van der Waals surface area contributed by atoms with Crippen LogP contribution in [0.2, 0.25) is 0 Å². The van der Waals surface area contributed by atoms with Gasteiger partial charge in [-0.1, -0.05) is 0 Å². The maximum atomic E-state index is 12.2. The Morgan fingerprint density at radius 3 is 2.71 bits per heavy atom. The fourth-order valence-electron chi connectivity index (χ4n) is 2.31. The van der Waals surface area contributed by atoms with Crippen LogP contribution in [0.5, 0.6) is 5.75 Å². The van der Waals surface area contributed by atoms with Crippen molar-refractivity contribution in [3.8, 4) is 5.75 Å². The fraction of sp³-hybridized carbons (Fsp3) is 0.500. The zero-order valence-electron chi connectivity index (χ0n) is 11.4. The molecule has 0 amide bonds. The van der Waals surface area contributed by atoms with Crippen LogP contribution in [0, 0.1) is 0 Å². The summed E-state index contributed by atoms with van der Waals surface area (Å²) in [6.07, 6.45) is 3.24. The number of fused-ring (bicyclic) bond motifs is 1. The van der Waals surface area contributed by atoms with E-state index < -0.39 is 9.05 Å². The van der Waals surface area contributed by atoms with Crippen molar-refractivity contribution in [2.24, 2.45) is 0 Å². The van der Waals surface area contributed by atoms with E-state index >= 15 is 0 Å². The molecular weight excluding hydrogens is 335 g/mol. The lowest BCUT2D eigenvalue weighted by Gasteiger charge is -2.20. The lowest BCUT2D eigenvalue weighted by Crippen LogP contribution is -2.13. The molecule has 0 atom stereocenters. The summed E-state index contributed by atoms with van der Waals surface area (Å²) < 4.78 is 28.8. The van der Waals surface area contributed by atoms with Crippen molar-refractivity contribution < 1.29 is 17.9 Å². The molecule has 0 saturated heterocycles.